The molecule has 0 aromatic carbocycles. The fourth-order valence-corrected chi connectivity index (χ4v) is 2.06. The zero-order chi connectivity index (χ0) is 14.0. The van der Waals surface area contributed by atoms with Gasteiger partial charge < -0.3 is 13.5 Å². The van der Waals surface area contributed by atoms with Crippen molar-refractivity contribution in [2.24, 2.45) is 0 Å². The van der Waals surface area contributed by atoms with Gasteiger partial charge in [-0.3, -0.25) is 9.36 Å². The topological polar surface area (TPSA) is 65.7 Å². The van der Waals surface area contributed by atoms with E-state index in [-0.39, 0.29) is 5.76 Å². The van der Waals surface area contributed by atoms with Crippen molar-refractivity contribution in [3.63, 3.8) is 0 Å². The van der Waals surface area contributed by atoms with Crippen LogP contribution in [0.3, 0.4) is 0 Å². The summed E-state index contributed by atoms with van der Waals surface area (Å²) in [6.07, 6.45) is -5.23. The Kier molecular flexibility index (Phi) is 4.37. The molecule has 0 amide bonds. The van der Waals surface area contributed by atoms with E-state index in [9.17, 15) is 22.5 Å². The second-order valence-corrected chi connectivity index (χ2v) is 5.42. The molecule has 102 valence electrons. The minimum atomic E-state index is -4.63. The summed E-state index contributed by atoms with van der Waals surface area (Å²) in [5.74, 6) is -1.49. The lowest BCUT2D eigenvalue weighted by atomic mass is 10.3. The Labute approximate surface area is 100 Å². The van der Waals surface area contributed by atoms with Crippen LogP contribution in [0.15, 0.2) is 16.5 Å². The Morgan fingerprint density at radius 1 is 1.33 bits per heavy atom. The van der Waals surface area contributed by atoms with Gasteiger partial charge in [0.15, 0.2) is 0 Å². The molecule has 5 nitrogen and oxygen atoms in total. The lowest BCUT2D eigenvalue weighted by Crippen LogP contribution is -2.07. The van der Waals surface area contributed by atoms with Gasteiger partial charge in [0.25, 0.3) is 5.52 Å². The average Bonchev–Trinajstić information content (AvgIpc) is 2.76. The Morgan fingerprint density at radius 3 is 2.28 bits per heavy atom. The Morgan fingerprint density at radius 2 is 1.89 bits per heavy atom. The molecule has 9 heteroatoms. The molecule has 1 aromatic rings. The first kappa shape index (κ1) is 14.9. The van der Waals surface area contributed by atoms with Crippen LogP contribution in [0, 0.1) is 0 Å². The standard InChI is InChI=1S/C9H10F3O5P/c1-15-18(14,16-2)8(13)5-6-3-4-7(17-6)9(10,11)12/h3-4H,5H2,1-2H3. The van der Waals surface area contributed by atoms with Crippen LogP contribution < -0.4 is 0 Å². The van der Waals surface area contributed by atoms with Gasteiger partial charge in [0.1, 0.15) is 5.76 Å². The van der Waals surface area contributed by atoms with Crippen molar-refractivity contribution in [2.45, 2.75) is 12.6 Å². The molecular weight excluding hydrogens is 276 g/mol. The first-order chi connectivity index (χ1) is 8.23. The van der Waals surface area contributed by atoms with Crippen molar-refractivity contribution in [2.75, 3.05) is 14.2 Å². The van der Waals surface area contributed by atoms with Crippen LogP contribution in [0.1, 0.15) is 11.5 Å². The van der Waals surface area contributed by atoms with E-state index in [4.69, 9.17) is 0 Å². The summed E-state index contributed by atoms with van der Waals surface area (Å²) in [5.41, 5.74) is -0.976. The number of carbonyl (C=O) groups is 1. The molecule has 0 spiro atoms. The van der Waals surface area contributed by atoms with Crippen molar-refractivity contribution >= 4 is 13.1 Å². The number of alkyl halides is 3. The number of furan rings is 1. The van der Waals surface area contributed by atoms with Crippen molar-refractivity contribution in [3.8, 4) is 0 Å². The normalized spacial score (nSPS) is 12.7. The maximum absolute atomic E-state index is 12.2. The van der Waals surface area contributed by atoms with Gasteiger partial charge in [-0.25, -0.2) is 0 Å². The molecule has 18 heavy (non-hydrogen) atoms. The van der Waals surface area contributed by atoms with Crippen LogP contribution in [0.5, 0.6) is 0 Å². The molecule has 0 saturated heterocycles. The molecule has 0 saturated carbocycles. The van der Waals surface area contributed by atoms with Crippen LogP contribution in [0.4, 0.5) is 13.2 Å². The van der Waals surface area contributed by atoms with Crippen molar-refractivity contribution < 1.29 is 36.0 Å². The van der Waals surface area contributed by atoms with Gasteiger partial charge in [0, 0.05) is 14.2 Å². The second kappa shape index (κ2) is 5.26. The summed E-state index contributed by atoms with van der Waals surface area (Å²) in [6.45, 7) is 0. The number of rotatable bonds is 5. The smallest absolute Gasteiger partial charge is 0.449 e. The summed E-state index contributed by atoms with van der Waals surface area (Å²) >= 11 is 0. The van der Waals surface area contributed by atoms with Crippen molar-refractivity contribution in [3.05, 3.63) is 23.7 Å². The highest BCUT2D eigenvalue weighted by Crippen LogP contribution is 2.48. The predicted octanol–water partition coefficient (Wildman–Crippen LogP) is 2.85. The molecule has 0 aliphatic heterocycles. The Balaban J connectivity index is 2.84. The fraction of sp³-hybridized carbons (Fsp3) is 0.444. The zero-order valence-electron chi connectivity index (χ0n) is 9.48. The molecule has 1 rings (SSSR count). The van der Waals surface area contributed by atoms with Crippen LogP contribution in [-0.2, 0) is 31.0 Å². The molecule has 1 heterocycles. The predicted molar refractivity (Wildman–Crippen MR) is 54.0 cm³/mol. The van der Waals surface area contributed by atoms with Crippen molar-refractivity contribution in [1.29, 1.82) is 0 Å². The van der Waals surface area contributed by atoms with Gasteiger partial charge in [-0.2, -0.15) is 13.2 Å². The first-order valence-electron chi connectivity index (χ1n) is 4.63. The van der Waals surface area contributed by atoms with Crippen molar-refractivity contribution in [1.82, 2.24) is 0 Å². The van der Waals surface area contributed by atoms with E-state index < -0.39 is 31.5 Å². The monoisotopic (exact) mass is 286 g/mol. The molecule has 0 N–H and O–H groups in total. The number of halogens is 3. The molecule has 0 aliphatic rings. The minimum Gasteiger partial charge on any atom is -0.456 e. The molecule has 0 bridgehead atoms. The van der Waals surface area contributed by atoms with Gasteiger partial charge in [0.05, 0.1) is 6.42 Å². The number of hydrogen-bond acceptors (Lipinski definition) is 5. The van der Waals surface area contributed by atoms with Gasteiger partial charge in [0.2, 0.25) is 5.76 Å². The fourth-order valence-electron chi connectivity index (χ4n) is 1.15. The van der Waals surface area contributed by atoms with Crippen LogP contribution in [-0.4, -0.2) is 19.7 Å². The van der Waals surface area contributed by atoms with E-state index in [1.165, 1.54) is 0 Å². The summed E-state index contributed by atoms with van der Waals surface area (Å²) in [7, 11) is -1.94. The summed E-state index contributed by atoms with van der Waals surface area (Å²) in [4.78, 5) is 11.5. The average molecular weight is 286 g/mol. The molecular formula is C9H10F3O5P. The van der Waals surface area contributed by atoms with E-state index in [2.05, 4.69) is 13.5 Å². The zero-order valence-corrected chi connectivity index (χ0v) is 10.4. The van der Waals surface area contributed by atoms with E-state index in [0.29, 0.717) is 6.07 Å². The lowest BCUT2D eigenvalue weighted by molar-refractivity contribution is -0.153. The van der Waals surface area contributed by atoms with Gasteiger partial charge in [-0.1, -0.05) is 0 Å². The SMILES string of the molecule is COP(=O)(OC)C(=O)Cc1ccc(C(F)(F)F)o1. The highest BCUT2D eigenvalue weighted by atomic mass is 31.2. The number of carbonyl (C=O) groups excluding carboxylic acids is 1. The van der Waals surface area contributed by atoms with Crippen LogP contribution in [0.25, 0.3) is 0 Å². The molecule has 0 atom stereocenters. The molecule has 0 aliphatic carbocycles. The molecule has 0 fully saturated rings. The highest BCUT2D eigenvalue weighted by molar-refractivity contribution is 7.71. The summed E-state index contributed by atoms with van der Waals surface area (Å²) in [6, 6.07) is 1.67. The van der Waals surface area contributed by atoms with E-state index >= 15 is 0 Å². The molecule has 1 aromatic heterocycles. The second-order valence-electron chi connectivity index (χ2n) is 3.20. The van der Waals surface area contributed by atoms with Gasteiger partial charge in [-0.15, -0.1) is 0 Å². The third-order valence-corrected chi connectivity index (χ3v) is 3.78. The third kappa shape index (κ3) is 3.22. The summed E-state index contributed by atoms with van der Waals surface area (Å²) in [5, 5.41) is 0. The maximum atomic E-state index is 12.2. The lowest BCUT2D eigenvalue weighted by Gasteiger charge is -2.10. The van der Waals surface area contributed by atoms with Crippen LogP contribution in [0.2, 0.25) is 0 Å². The van der Waals surface area contributed by atoms with E-state index in [1.807, 2.05) is 0 Å². The van der Waals surface area contributed by atoms with Gasteiger partial charge in [-0.05, 0) is 12.1 Å². The highest BCUT2D eigenvalue weighted by Gasteiger charge is 2.36. The largest absolute Gasteiger partial charge is 0.456 e. The maximum Gasteiger partial charge on any atom is 0.449 e. The molecule has 0 unspecified atom stereocenters. The Hall–Kier alpha value is -1.11. The van der Waals surface area contributed by atoms with Crippen LogP contribution >= 0.6 is 7.60 Å². The minimum absolute atomic E-state index is 0.262. The third-order valence-electron chi connectivity index (χ3n) is 2.05. The van der Waals surface area contributed by atoms with E-state index in [1.54, 1.807) is 0 Å². The van der Waals surface area contributed by atoms with E-state index in [0.717, 1.165) is 20.3 Å². The number of hydrogen-bond donors (Lipinski definition) is 0. The Bertz CT molecular complexity index is 471. The summed E-state index contributed by atoms with van der Waals surface area (Å²) < 4.78 is 61.5. The molecule has 0 radical (unpaired) electrons. The first-order valence-corrected chi connectivity index (χ1v) is 6.18. The quantitative estimate of drug-likeness (QED) is 0.779. The van der Waals surface area contributed by atoms with Gasteiger partial charge >= 0.3 is 13.8 Å².